The highest BCUT2D eigenvalue weighted by molar-refractivity contribution is 5.85. The van der Waals surface area contributed by atoms with E-state index in [0.29, 0.717) is 0 Å². The molecule has 1 unspecified atom stereocenters. The summed E-state index contributed by atoms with van der Waals surface area (Å²) < 4.78 is 0. The fourth-order valence-electron chi connectivity index (χ4n) is 2.55. The molecule has 0 bridgehead atoms. The van der Waals surface area contributed by atoms with Gasteiger partial charge in [-0.3, -0.25) is 9.69 Å². The number of hydrogen-bond acceptors (Lipinski definition) is 3. The van der Waals surface area contributed by atoms with Gasteiger partial charge in [-0.1, -0.05) is 12.1 Å². The molecule has 2 rings (SSSR count). The van der Waals surface area contributed by atoms with Crippen LogP contribution in [0.3, 0.4) is 0 Å². The van der Waals surface area contributed by atoms with Crippen molar-refractivity contribution in [1.29, 1.82) is 0 Å². The van der Waals surface area contributed by atoms with Crippen molar-refractivity contribution in [1.82, 2.24) is 10.2 Å². The van der Waals surface area contributed by atoms with Gasteiger partial charge in [0.15, 0.2) is 0 Å². The number of benzene rings is 1. The summed E-state index contributed by atoms with van der Waals surface area (Å²) in [5.74, 6) is 0.0609. The molecule has 1 fully saturated rings. The van der Waals surface area contributed by atoms with Gasteiger partial charge in [0.2, 0.25) is 5.91 Å². The first kappa shape index (κ1) is 15.8. The van der Waals surface area contributed by atoms with E-state index >= 15 is 0 Å². The number of carbonyl (C=O) groups is 1. The standard InChI is InChI=1S/C14H21N3O.ClH/c1-11(18)16-14-6-3-7-17(10-14)9-12-4-2-5-13(15)8-12;/h2,4-5,8,14H,3,6-7,9-10,15H2,1H3,(H,16,18);1H. The maximum Gasteiger partial charge on any atom is 0.217 e. The Morgan fingerprint density at radius 2 is 2.32 bits per heavy atom. The molecule has 0 radical (unpaired) electrons. The van der Waals surface area contributed by atoms with Crippen molar-refractivity contribution in [2.75, 3.05) is 18.8 Å². The summed E-state index contributed by atoms with van der Waals surface area (Å²) in [6.07, 6.45) is 2.21. The number of nitrogens with zero attached hydrogens (tertiary/aromatic N) is 1. The molecule has 1 atom stereocenters. The molecule has 1 heterocycles. The minimum Gasteiger partial charge on any atom is -0.399 e. The molecule has 1 amide bonds. The lowest BCUT2D eigenvalue weighted by Crippen LogP contribution is -2.46. The summed E-state index contributed by atoms with van der Waals surface area (Å²) in [6.45, 7) is 4.50. The number of nitrogen functional groups attached to an aromatic ring is 1. The fraction of sp³-hybridized carbons (Fsp3) is 0.500. The minimum absolute atomic E-state index is 0. The predicted octanol–water partition coefficient (Wildman–Crippen LogP) is 1.79. The van der Waals surface area contributed by atoms with Gasteiger partial charge in [-0.05, 0) is 37.1 Å². The number of rotatable bonds is 3. The first-order valence-corrected chi connectivity index (χ1v) is 6.47. The molecule has 1 aromatic rings. The second-order valence-corrected chi connectivity index (χ2v) is 5.02. The lowest BCUT2D eigenvalue weighted by molar-refractivity contribution is -0.120. The third-order valence-electron chi connectivity index (χ3n) is 3.27. The lowest BCUT2D eigenvalue weighted by Gasteiger charge is -2.33. The van der Waals surface area contributed by atoms with Crippen molar-refractivity contribution < 1.29 is 4.79 Å². The van der Waals surface area contributed by atoms with Crippen LogP contribution in [0.1, 0.15) is 25.3 Å². The zero-order valence-electron chi connectivity index (χ0n) is 11.3. The number of hydrogen-bond donors (Lipinski definition) is 2. The van der Waals surface area contributed by atoms with Crippen molar-refractivity contribution in [2.45, 2.75) is 32.4 Å². The van der Waals surface area contributed by atoms with E-state index in [0.717, 1.165) is 38.2 Å². The van der Waals surface area contributed by atoms with Gasteiger partial charge in [0.1, 0.15) is 0 Å². The van der Waals surface area contributed by atoms with Gasteiger partial charge in [0, 0.05) is 31.7 Å². The van der Waals surface area contributed by atoms with Gasteiger partial charge in [0.25, 0.3) is 0 Å². The third-order valence-corrected chi connectivity index (χ3v) is 3.27. The molecule has 19 heavy (non-hydrogen) atoms. The van der Waals surface area contributed by atoms with Crippen molar-refractivity contribution >= 4 is 24.0 Å². The average molecular weight is 284 g/mol. The second kappa shape index (κ2) is 7.36. The number of nitrogens with one attached hydrogen (secondary N) is 1. The predicted molar refractivity (Wildman–Crippen MR) is 80.2 cm³/mol. The quantitative estimate of drug-likeness (QED) is 0.832. The number of anilines is 1. The van der Waals surface area contributed by atoms with E-state index in [1.807, 2.05) is 18.2 Å². The van der Waals surface area contributed by atoms with Crippen LogP contribution < -0.4 is 11.1 Å². The molecule has 106 valence electrons. The number of amides is 1. The molecular weight excluding hydrogens is 262 g/mol. The lowest BCUT2D eigenvalue weighted by atomic mass is 10.0. The smallest absolute Gasteiger partial charge is 0.217 e. The summed E-state index contributed by atoms with van der Waals surface area (Å²) in [4.78, 5) is 13.4. The van der Waals surface area contributed by atoms with E-state index < -0.39 is 0 Å². The molecule has 1 aliphatic rings. The SMILES string of the molecule is CC(=O)NC1CCCN(Cc2cccc(N)c2)C1.Cl. The maximum atomic E-state index is 11.1. The molecule has 0 aliphatic carbocycles. The largest absolute Gasteiger partial charge is 0.399 e. The molecule has 0 aromatic heterocycles. The Kier molecular flexibility index (Phi) is 6.12. The molecule has 1 aromatic carbocycles. The van der Waals surface area contributed by atoms with Crippen LogP contribution in [-0.4, -0.2) is 29.9 Å². The summed E-state index contributed by atoms with van der Waals surface area (Å²) in [6, 6.07) is 8.29. The van der Waals surface area contributed by atoms with E-state index in [4.69, 9.17) is 5.73 Å². The van der Waals surface area contributed by atoms with Gasteiger partial charge in [-0.2, -0.15) is 0 Å². The molecule has 5 heteroatoms. The van der Waals surface area contributed by atoms with Gasteiger partial charge >= 0.3 is 0 Å². The molecule has 1 aliphatic heterocycles. The Morgan fingerprint density at radius 1 is 1.53 bits per heavy atom. The van der Waals surface area contributed by atoms with Crippen LogP contribution in [0, 0.1) is 0 Å². The molecule has 4 nitrogen and oxygen atoms in total. The topological polar surface area (TPSA) is 58.4 Å². The Bertz CT molecular complexity index is 425. The molecule has 3 N–H and O–H groups in total. The molecule has 1 saturated heterocycles. The third kappa shape index (κ3) is 5.09. The highest BCUT2D eigenvalue weighted by Gasteiger charge is 2.20. The zero-order valence-corrected chi connectivity index (χ0v) is 12.1. The summed E-state index contributed by atoms with van der Waals surface area (Å²) in [5, 5.41) is 3.00. The number of carbonyl (C=O) groups excluding carboxylic acids is 1. The summed E-state index contributed by atoms with van der Waals surface area (Å²) in [5.41, 5.74) is 7.82. The normalized spacial score (nSPS) is 19.5. The van der Waals surface area contributed by atoms with Crippen molar-refractivity contribution in [3.63, 3.8) is 0 Å². The van der Waals surface area contributed by atoms with Gasteiger partial charge in [0.05, 0.1) is 0 Å². The monoisotopic (exact) mass is 283 g/mol. The highest BCUT2D eigenvalue weighted by Crippen LogP contribution is 2.15. The molecular formula is C14H22ClN3O. The molecule has 0 spiro atoms. The van der Waals surface area contributed by atoms with E-state index in [-0.39, 0.29) is 24.4 Å². The summed E-state index contributed by atoms with van der Waals surface area (Å²) in [7, 11) is 0. The van der Waals surface area contributed by atoms with Crippen molar-refractivity contribution in [3.05, 3.63) is 29.8 Å². The van der Waals surface area contributed by atoms with Gasteiger partial charge in [-0.25, -0.2) is 0 Å². The van der Waals surface area contributed by atoms with Crippen LogP contribution in [0.15, 0.2) is 24.3 Å². The van der Waals surface area contributed by atoms with Crippen LogP contribution >= 0.6 is 12.4 Å². The summed E-state index contributed by atoms with van der Waals surface area (Å²) >= 11 is 0. The van der Waals surface area contributed by atoms with E-state index in [1.165, 1.54) is 5.56 Å². The highest BCUT2D eigenvalue weighted by atomic mass is 35.5. The van der Waals surface area contributed by atoms with Crippen LogP contribution in [0.5, 0.6) is 0 Å². The first-order valence-electron chi connectivity index (χ1n) is 6.47. The van der Waals surface area contributed by atoms with E-state index in [1.54, 1.807) is 6.92 Å². The number of nitrogens with two attached hydrogens (primary N) is 1. The fourth-order valence-corrected chi connectivity index (χ4v) is 2.55. The van der Waals surface area contributed by atoms with Gasteiger partial charge in [-0.15, -0.1) is 12.4 Å². The Labute approximate surface area is 120 Å². The van der Waals surface area contributed by atoms with Crippen LogP contribution in [0.4, 0.5) is 5.69 Å². The zero-order chi connectivity index (χ0) is 13.0. The second-order valence-electron chi connectivity index (χ2n) is 5.02. The number of piperidine rings is 1. The Hall–Kier alpha value is -1.26. The van der Waals surface area contributed by atoms with Crippen molar-refractivity contribution in [2.24, 2.45) is 0 Å². The first-order chi connectivity index (χ1) is 8.63. The van der Waals surface area contributed by atoms with Crippen LogP contribution in [0.2, 0.25) is 0 Å². The Morgan fingerprint density at radius 3 is 3.00 bits per heavy atom. The van der Waals surface area contributed by atoms with Gasteiger partial charge < -0.3 is 11.1 Å². The molecule has 0 saturated carbocycles. The number of likely N-dealkylation sites (tertiary alicyclic amines) is 1. The van der Waals surface area contributed by atoms with E-state index in [2.05, 4.69) is 16.3 Å². The average Bonchev–Trinajstić information content (AvgIpc) is 2.28. The maximum absolute atomic E-state index is 11.1. The number of halogens is 1. The minimum atomic E-state index is 0. The van der Waals surface area contributed by atoms with Crippen molar-refractivity contribution in [3.8, 4) is 0 Å². The Balaban J connectivity index is 0.00000180. The van der Waals surface area contributed by atoms with Crippen LogP contribution in [0.25, 0.3) is 0 Å². The van der Waals surface area contributed by atoms with E-state index in [9.17, 15) is 4.79 Å². The van der Waals surface area contributed by atoms with Crippen LogP contribution in [-0.2, 0) is 11.3 Å².